The van der Waals surface area contributed by atoms with Crippen molar-refractivity contribution in [1.82, 2.24) is 0 Å². The summed E-state index contributed by atoms with van der Waals surface area (Å²) in [6, 6.07) is 10.0. The summed E-state index contributed by atoms with van der Waals surface area (Å²) in [6.07, 6.45) is 3.07. The average Bonchev–Trinajstić information content (AvgIpc) is 2.78. The van der Waals surface area contributed by atoms with Crippen LogP contribution in [0, 0.1) is 5.92 Å². The van der Waals surface area contributed by atoms with Crippen LogP contribution in [0.25, 0.3) is 10.1 Å². The molecule has 1 aromatic carbocycles. The minimum Gasteiger partial charge on any atom is -0.396 e. The second-order valence-electron chi connectivity index (χ2n) is 4.00. The molecule has 1 aromatic heterocycles. The number of benzene rings is 1. The van der Waals surface area contributed by atoms with E-state index < -0.39 is 6.10 Å². The van der Waals surface area contributed by atoms with Gasteiger partial charge in [0.15, 0.2) is 0 Å². The smallest absolute Gasteiger partial charge is 0.0966 e. The number of allylic oxidation sites excluding steroid dienone is 1. The number of hydrogen-bond acceptors (Lipinski definition) is 3. The Morgan fingerprint density at radius 1 is 1.35 bits per heavy atom. The first-order valence-corrected chi connectivity index (χ1v) is 6.48. The molecule has 0 fully saturated rings. The van der Waals surface area contributed by atoms with E-state index in [1.54, 1.807) is 11.3 Å². The van der Waals surface area contributed by atoms with Crippen LogP contribution in [0.15, 0.2) is 42.5 Å². The topological polar surface area (TPSA) is 40.5 Å². The molecular formula is C14H16O2S. The molecule has 0 saturated heterocycles. The number of hydrogen-bond donors (Lipinski definition) is 2. The molecule has 0 saturated carbocycles. The van der Waals surface area contributed by atoms with Gasteiger partial charge >= 0.3 is 0 Å². The van der Waals surface area contributed by atoms with Crippen molar-refractivity contribution in [3.05, 3.63) is 47.4 Å². The van der Waals surface area contributed by atoms with Crippen molar-refractivity contribution in [3.8, 4) is 0 Å². The zero-order chi connectivity index (χ0) is 12.3. The van der Waals surface area contributed by atoms with Gasteiger partial charge in [0.2, 0.25) is 0 Å². The van der Waals surface area contributed by atoms with Crippen LogP contribution in [0.4, 0.5) is 0 Å². The maximum absolute atomic E-state index is 10.2. The van der Waals surface area contributed by atoms with Gasteiger partial charge in [0, 0.05) is 15.5 Å². The molecule has 0 bridgehead atoms. The van der Waals surface area contributed by atoms with Crippen molar-refractivity contribution in [2.24, 2.45) is 5.92 Å². The average molecular weight is 248 g/mol. The van der Waals surface area contributed by atoms with E-state index in [-0.39, 0.29) is 12.5 Å². The molecule has 3 heteroatoms. The molecule has 0 spiro atoms. The number of fused-ring (bicyclic) bond motifs is 1. The van der Waals surface area contributed by atoms with Crippen LogP contribution >= 0.6 is 11.3 Å². The van der Waals surface area contributed by atoms with E-state index in [1.807, 2.05) is 49.4 Å². The molecule has 0 radical (unpaired) electrons. The molecule has 0 aliphatic carbocycles. The molecule has 0 aliphatic heterocycles. The third kappa shape index (κ3) is 2.57. The summed E-state index contributed by atoms with van der Waals surface area (Å²) < 4.78 is 1.17. The Hall–Kier alpha value is -1.16. The largest absolute Gasteiger partial charge is 0.396 e. The van der Waals surface area contributed by atoms with Gasteiger partial charge < -0.3 is 10.2 Å². The molecule has 1 heterocycles. The van der Waals surface area contributed by atoms with Gasteiger partial charge in [-0.1, -0.05) is 30.4 Å². The Morgan fingerprint density at radius 2 is 2.12 bits per heavy atom. The summed E-state index contributed by atoms with van der Waals surface area (Å²) in [7, 11) is 0. The van der Waals surface area contributed by atoms with Crippen LogP contribution in [0.3, 0.4) is 0 Å². The zero-order valence-corrected chi connectivity index (χ0v) is 10.5. The minimum absolute atomic E-state index is 0.0419. The van der Waals surface area contributed by atoms with Crippen molar-refractivity contribution in [1.29, 1.82) is 0 Å². The third-order valence-electron chi connectivity index (χ3n) is 2.79. The standard InChI is InChI=1S/C14H16O2S/c1-2-5-11(9-15)14(16)13-8-10-6-3-4-7-12(10)17-13/h2-8,11,14-16H,9H2,1H3/b5-2+/t11-,14-/m1/s1. The van der Waals surface area contributed by atoms with E-state index in [2.05, 4.69) is 0 Å². The van der Waals surface area contributed by atoms with Gasteiger partial charge in [-0.3, -0.25) is 0 Å². The first-order chi connectivity index (χ1) is 8.26. The lowest BCUT2D eigenvalue weighted by Gasteiger charge is -2.15. The highest BCUT2D eigenvalue weighted by molar-refractivity contribution is 7.19. The maximum Gasteiger partial charge on any atom is 0.0966 e. The summed E-state index contributed by atoms with van der Waals surface area (Å²) >= 11 is 1.58. The van der Waals surface area contributed by atoms with E-state index in [1.165, 1.54) is 4.70 Å². The summed E-state index contributed by atoms with van der Waals surface area (Å²) in [6.45, 7) is 1.85. The fourth-order valence-electron chi connectivity index (χ4n) is 1.87. The zero-order valence-electron chi connectivity index (χ0n) is 9.71. The highest BCUT2D eigenvalue weighted by Gasteiger charge is 2.19. The van der Waals surface area contributed by atoms with Gasteiger partial charge in [-0.15, -0.1) is 11.3 Å². The predicted molar refractivity (Wildman–Crippen MR) is 72.2 cm³/mol. The Balaban J connectivity index is 2.32. The first kappa shape index (κ1) is 12.3. The summed E-state index contributed by atoms with van der Waals surface area (Å²) in [5, 5.41) is 20.6. The van der Waals surface area contributed by atoms with E-state index in [0.717, 1.165) is 10.3 Å². The monoisotopic (exact) mass is 248 g/mol. The van der Waals surface area contributed by atoms with Gasteiger partial charge in [0.25, 0.3) is 0 Å². The van der Waals surface area contributed by atoms with Crippen molar-refractivity contribution in [3.63, 3.8) is 0 Å². The minimum atomic E-state index is -0.631. The lowest BCUT2D eigenvalue weighted by molar-refractivity contribution is 0.0947. The molecule has 2 N–H and O–H groups in total. The Morgan fingerprint density at radius 3 is 2.76 bits per heavy atom. The summed E-state index contributed by atoms with van der Waals surface area (Å²) in [4.78, 5) is 0.906. The lowest BCUT2D eigenvalue weighted by atomic mass is 10.0. The number of thiophene rings is 1. The highest BCUT2D eigenvalue weighted by Crippen LogP contribution is 2.33. The predicted octanol–water partition coefficient (Wildman–Crippen LogP) is 3.12. The van der Waals surface area contributed by atoms with Crippen LogP contribution in [0.5, 0.6) is 0 Å². The van der Waals surface area contributed by atoms with Crippen molar-refractivity contribution >= 4 is 21.4 Å². The number of aliphatic hydroxyl groups excluding tert-OH is 2. The van der Waals surface area contributed by atoms with E-state index in [4.69, 9.17) is 0 Å². The Kier molecular flexibility index (Phi) is 3.94. The SMILES string of the molecule is C/C=C/[C@H](CO)[C@@H](O)c1cc2ccccc2s1. The van der Waals surface area contributed by atoms with E-state index >= 15 is 0 Å². The van der Waals surface area contributed by atoms with Gasteiger partial charge in [0.1, 0.15) is 0 Å². The molecule has 90 valence electrons. The van der Waals surface area contributed by atoms with Gasteiger partial charge in [-0.25, -0.2) is 0 Å². The van der Waals surface area contributed by atoms with Crippen molar-refractivity contribution in [2.45, 2.75) is 13.0 Å². The maximum atomic E-state index is 10.2. The Bertz CT molecular complexity index is 483. The van der Waals surface area contributed by atoms with Crippen molar-refractivity contribution in [2.75, 3.05) is 6.61 Å². The van der Waals surface area contributed by atoms with Crippen LogP contribution < -0.4 is 0 Å². The third-order valence-corrected chi connectivity index (χ3v) is 3.98. The molecule has 2 rings (SSSR count). The summed E-state index contributed by atoms with van der Waals surface area (Å²) in [5.74, 6) is -0.229. The second kappa shape index (κ2) is 5.45. The normalized spacial score (nSPS) is 15.5. The highest BCUT2D eigenvalue weighted by atomic mass is 32.1. The molecule has 2 aromatic rings. The van der Waals surface area contributed by atoms with Crippen LogP contribution in [0.1, 0.15) is 17.9 Å². The Labute approximate surface area is 105 Å². The molecule has 17 heavy (non-hydrogen) atoms. The van der Waals surface area contributed by atoms with E-state index in [0.29, 0.717) is 0 Å². The van der Waals surface area contributed by atoms with Gasteiger partial charge in [-0.2, -0.15) is 0 Å². The quantitative estimate of drug-likeness (QED) is 0.816. The summed E-state index contributed by atoms with van der Waals surface area (Å²) in [5.41, 5.74) is 0. The van der Waals surface area contributed by atoms with Gasteiger partial charge in [-0.05, 0) is 24.4 Å². The fraction of sp³-hybridized carbons (Fsp3) is 0.286. The van der Waals surface area contributed by atoms with Gasteiger partial charge in [0.05, 0.1) is 12.7 Å². The number of rotatable bonds is 4. The van der Waals surface area contributed by atoms with Crippen LogP contribution in [-0.2, 0) is 0 Å². The fourth-order valence-corrected chi connectivity index (χ4v) is 3.00. The number of aliphatic hydroxyl groups is 2. The molecule has 2 nitrogen and oxygen atoms in total. The first-order valence-electron chi connectivity index (χ1n) is 5.66. The van der Waals surface area contributed by atoms with E-state index in [9.17, 15) is 10.2 Å². The molecule has 0 unspecified atom stereocenters. The molecule has 0 aliphatic rings. The second-order valence-corrected chi connectivity index (χ2v) is 5.12. The van der Waals surface area contributed by atoms with Crippen molar-refractivity contribution < 1.29 is 10.2 Å². The molecule has 0 amide bonds. The van der Waals surface area contributed by atoms with Crippen LogP contribution in [-0.4, -0.2) is 16.8 Å². The lowest BCUT2D eigenvalue weighted by Crippen LogP contribution is -2.13. The molecule has 2 atom stereocenters. The van der Waals surface area contributed by atoms with Crippen LogP contribution in [0.2, 0.25) is 0 Å². The molecular weight excluding hydrogens is 232 g/mol.